The van der Waals surface area contributed by atoms with Gasteiger partial charge >= 0.3 is 12.1 Å². The monoisotopic (exact) mass is 237 g/mol. The molecule has 1 aromatic heterocycles. The zero-order valence-electron chi connectivity index (χ0n) is 9.34. The van der Waals surface area contributed by atoms with Gasteiger partial charge in [0, 0.05) is 6.20 Å². The number of carbonyl (C=O) groups is 1. The molecule has 0 spiro atoms. The highest BCUT2D eigenvalue weighted by Crippen LogP contribution is 2.00. The van der Waals surface area contributed by atoms with Gasteiger partial charge in [0.1, 0.15) is 5.84 Å². The van der Waals surface area contributed by atoms with E-state index in [9.17, 15) is 4.79 Å². The Hall–Kier alpha value is -2.53. The number of rotatable bonds is 2. The van der Waals surface area contributed by atoms with Crippen LogP contribution in [0.4, 0.5) is 0 Å². The predicted octanol–water partition coefficient (Wildman–Crippen LogP) is 0.255. The predicted molar refractivity (Wildman–Crippen MR) is 56.7 cm³/mol. The van der Waals surface area contributed by atoms with Crippen LogP contribution in [-0.4, -0.2) is 22.9 Å². The summed E-state index contributed by atoms with van der Waals surface area (Å²) in [6.07, 6.45) is 1.83. The molecule has 90 valence electrons. The molecule has 0 aliphatic rings. The van der Waals surface area contributed by atoms with Crippen LogP contribution in [0.1, 0.15) is 23.0 Å². The van der Waals surface area contributed by atoms with E-state index in [-0.39, 0.29) is 17.7 Å². The lowest BCUT2D eigenvalue weighted by atomic mass is 10.3. The number of hydrogen-bond donors (Lipinski definition) is 1. The summed E-state index contributed by atoms with van der Waals surface area (Å²) in [6.45, 7) is 3.40. The van der Waals surface area contributed by atoms with Crippen molar-refractivity contribution in [3.8, 4) is 0 Å². The largest absolute Gasteiger partial charge is 0.385 e. The number of amidine groups is 1. The van der Waals surface area contributed by atoms with Crippen LogP contribution >= 0.6 is 0 Å². The number of hydrogen-bond acceptors (Lipinski definition) is 6. The third-order valence-electron chi connectivity index (χ3n) is 1.39. The fraction of sp³-hybridized carbons (Fsp3) is 0.200. The Bertz CT molecular complexity index is 429. The Balaban J connectivity index is 0.000000770. The van der Waals surface area contributed by atoms with Crippen LogP contribution in [0.15, 0.2) is 23.5 Å². The van der Waals surface area contributed by atoms with Crippen molar-refractivity contribution in [1.82, 2.24) is 4.98 Å². The van der Waals surface area contributed by atoms with Crippen LogP contribution in [0.25, 0.3) is 0 Å². The summed E-state index contributed by atoms with van der Waals surface area (Å²) in [4.78, 5) is 35.8. The molecule has 0 unspecified atom stereocenters. The highest BCUT2D eigenvalue weighted by molar-refractivity contribution is 5.88. The summed E-state index contributed by atoms with van der Waals surface area (Å²) in [5.41, 5.74) is 6.38. The van der Waals surface area contributed by atoms with Crippen molar-refractivity contribution >= 4 is 18.0 Å². The quantitative estimate of drug-likeness (QED) is 0.341. The second kappa shape index (κ2) is 7.72. The fourth-order valence-electron chi connectivity index (χ4n) is 0.749. The SMILES string of the molecule is CC(N)=NOC(=O)c1ccc(C)cn1.O=C=O. The van der Waals surface area contributed by atoms with E-state index in [1.807, 2.05) is 6.92 Å². The molecule has 0 aromatic carbocycles. The average molecular weight is 237 g/mol. The van der Waals surface area contributed by atoms with E-state index in [2.05, 4.69) is 15.0 Å². The Morgan fingerprint density at radius 2 is 2.06 bits per heavy atom. The second-order valence-corrected chi connectivity index (χ2v) is 2.92. The molecule has 0 radical (unpaired) electrons. The maximum atomic E-state index is 11.2. The molecule has 1 aromatic rings. The van der Waals surface area contributed by atoms with Crippen molar-refractivity contribution in [3.05, 3.63) is 29.6 Å². The van der Waals surface area contributed by atoms with E-state index in [0.29, 0.717) is 0 Å². The molecule has 1 heterocycles. The van der Waals surface area contributed by atoms with Crippen molar-refractivity contribution in [2.24, 2.45) is 10.9 Å². The summed E-state index contributed by atoms with van der Waals surface area (Å²) in [5.74, 6) is -0.430. The lowest BCUT2D eigenvalue weighted by Gasteiger charge is -1.97. The molecule has 2 N–H and O–H groups in total. The summed E-state index contributed by atoms with van der Waals surface area (Å²) in [5, 5.41) is 3.33. The highest BCUT2D eigenvalue weighted by atomic mass is 16.7. The van der Waals surface area contributed by atoms with E-state index in [4.69, 9.17) is 15.3 Å². The minimum Gasteiger partial charge on any atom is -0.385 e. The van der Waals surface area contributed by atoms with Gasteiger partial charge in [-0.3, -0.25) is 0 Å². The molecule has 1 rings (SSSR count). The zero-order valence-corrected chi connectivity index (χ0v) is 9.34. The molecule has 0 amide bonds. The molecule has 0 saturated carbocycles. The Morgan fingerprint density at radius 1 is 1.47 bits per heavy atom. The number of nitrogens with two attached hydrogens (primary N) is 1. The number of aromatic nitrogens is 1. The normalized spacial score (nSPS) is 9.65. The fourth-order valence-corrected chi connectivity index (χ4v) is 0.749. The summed E-state index contributed by atoms with van der Waals surface area (Å²) in [7, 11) is 0. The minimum absolute atomic E-state index is 0.186. The molecular formula is C10H11N3O4. The molecule has 7 heteroatoms. The number of oxime groups is 1. The number of carbonyl (C=O) groups excluding carboxylic acids is 3. The van der Waals surface area contributed by atoms with Gasteiger partial charge in [0.05, 0.1) is 0 Å². The third kappa shape index (κ3) is 6.53. The van der Waals surface area contributed by atoms with Gasteiger partial charge in [0.25, 0.3) is 0 Å². The Morgan fingerprint density at radius 3 is 2.47 bits per heavy atom. The smallest absolute Gasteiger partial charge is 0.383 e. The Labute approximate surface area is 97.3 Å². The van der Waals surface area contributed by atoms with Crippen molar-refractivity contribution in [2.75, 3.05) is 0 Å². The third-order valence-corrected chi connectivity index (χ3v) is 1.39. The van der Waals surface area contributed by atoms with Gasteiger partial charge in [-0.25, -0.2) is 9.78 Å². The van der Waals surface area contributed by atoms with Gasteiger partial charge in [-0.05, 0) is 25.5 Å². The van der Waals surface area contributed by atoms with Crippen LogP contribution in [0.3, 0.4) is 0 Å². The van der Waals surface area contributed by atoms with Crippen LogP contribution < -0.4 is 5.73 Å². The van der Waals surface area contributed by atoms with Gasteiger partial charge in [-0.2, -0.15) is 9.59 Å². The van der Waals surface area contributed by atoms with Crippen LogP contribution in [0, 0.1) is 6.92 Å². The second-order valence-electron chi connectivity index (χ2n) is 2.92. The van der Waals surface area contributed by atoms with Crippen molar-refractivity contribution in [3.63, 3.8) is 0 Å². The summed E-state index contributed by atoms with van der Waals surface area (Å²) < 4.78 is 0. The highest BCUT2D eigenvalue weighted by Gasteiger charge is 2.07. The number of aryl methyl sites for hydroxylation is 1. The topological polar surface area (TPSA) is 112 Å². The first-order valence-electron chi connectivity index (χ1n) is 4.44. The lowest BCUT2D eigenvalue weighted by molar-refractivity contribution is -0.191. The van der Waals surface area contributed by atoms with Gasteiger partial charge in [-0.1, -0.05) is 11.2 Å². The van der Waals surface area contributed by atoms with Crippen molar-refractivity contribution in [1.29, 1.82) is 0 Å². The standard InChI is InChI=1S/C9H11N3O2.CO2/c1-6-3-4-8(11-5-6)9(13)14-12-7(2)10;2-1-3/h3-5H,1-2H3,(H2,10,12);. The first kappa shape index (κ1) is 14.5. The van der Waals surface area contributed by atoms with Gasteiger partial charge < -0.3 is 10.6 Å². The molecule has 0 bridgehead atoms. The maximum absolute atomic E-state index is 11.2. The van der Waals surface area contributed by atoms with Gasteiger partial charge in [0.15, 0.2) is 5.69 Å². The first-order valence-corrected chi connectivity index (χ1v) is 4.44. The molecule has 0 aliphatic heterocycles. The number of pyridine rings is 1. The van der Waals surface area contributed by atoms with E-state index < -0.39 is 5.97 Å². The van der Waals surface area contributed by atoms with E-state index >= 15 is 0 Å². The van der Waals surface area contributed by atoms with Crippen molar-refractivity contribution < 1.29 is 19.2 Å². The minimum atomic E-state index is -0.616. The zero-order chi connectivity index (χ0) is 13.3. The summed E-state index contributed by atoms with van der Waals surface area (Å²) >= 11 is 0. The van der Waals surface area contributed by atoms with E-state index in [0.717, 1.165) is 5.56 Å². The molecule has 0 saturated heterocycles. The molecule has 0 atom stereocenters. The number of nitrogens with zero attached hydrogens (tertiary/aromatic N) is 2. The molecule has 17 heavy (non-hydrogen) atoms. The Kier molecular flexibility index (Phi) is 6.57. The van der Waals surface area contributed by atoms with E-state index in [1.165, 1.54) is 6.92 Å². The van der Waals surface area contributed by atoms with Crippen LogP contribution in [0.2, 0.25) is 0 Å². The lowest BCUT2D eigenvalue weighted by Crippen LogP contribution is -2.10. The van der Waals surface area contributed by atoms with Crippen molar-refractivity contribution in [2.45, 2.75) is 13.8 Å². The molecule has 0 fully saturated rings. The maximum Gasteiger partial charge on any atom is 0.383 e. The molecule has 0 aliphatic carbocycles. The van der Waals surface area contributed by atoms with Crippen LogP contribution in [-0.2, 0) is 14.4 Å². The van der Waals surface area contributed by atoms with Gasteiger partial charge in [-0.15, -0.1) is 0 Å². The average Bonchev–Trinajstić information content (AvgIpc) is 2.28. The van der Waals surface area contributed by atoms with E-state index in [1.54, 1.807) is 18.3 Å². The molecule has 7 nitrogen and oxygen atoms in total. The van der Waals surface area contributed by atoms with Crippen LogP contribution in [0.5, 0.6) is 0 Å². The van der Waals surface area contributed by atoms with Gasteiger partial charge in [0.2, 0.25) is 0 Å². The molecular weight excluding hydrogens is 226 g/mol. The first-order chi connectivity index (χ1) is 8.01. The summed E-state index contributed by atoms with van der Waals surface area (Å²) in [6, 6.07) is 3.33.